The van der Waals surface area contributed by atoms with Gasteiger partial charge in [-0.15, -0.1) is 0 Å². The van der Waals surface area contributed by atoms with Gasteiger partial charge < -0.3 is 28.7 Å². The lowest BCUT2D eigenvalue weighted by Gasteiger charge is -2.45. The molecule has 0 unspecified atom stereocenters. The summed E-state index contributed by atoms with van der Waals surface area (Å²) < 4.78 is 18.7. The molecule has 36 heavy (non-hydrogen) atoms. The van der Waals surface area contributed by atoms with Crippen LogP contribution in [0.25, 0.3) is 11.1 Å². The predicted molar refractivity (Wildman–Crippen MR) is 137 cm³/mol. The molecule has 3 heterocycles. The van der Waals surface area contributed by atoms with Crippen molar-refractivity contribution in [2.45, 2.75) is 70.5 Å². The van der Waals surface area contributed by atoms with E-state index in [1.54, 1.807) is 25.2 Å². The highest BCUT2D eigenvalue weighted by Gasteiger charge is 2.48. The first-order valence-electron chi connectivity index (χ1n) is 12.8. The van der Waals surface area contributed by atoms with Gasteiger partial charge in [-0.3, -0.25) is 9.59 Å². The molecule has 5 rings (SSSR count). The second kappa shape index (κ2) is 9.56. The van der Waals surface area contributed by atoms with Crippen LogP contribution >= 0.6 is 0 Å². The summed E-state index contributed by atoms with van der Waals surface area (Å²) in [5.74, 6) is 1.95. The van der Waals surface area contributed by atoms with Gasteiger partial charge in [0, 0.05) is 24.7 Å². The fourth-order valence-electron chi connectivity index (χ4n) is 5.71. The summed E-state index contributed by atoms with van der Waals surface area (Å²) in [6.07, 6.45) is 5.94. The van der Waals surface area contributed by atoms with Gasteiger partial charge in [0.25, 0.3) is 5.91 Å². The van der Waals surface area contributed by atoms with Crippen molar-refractivity contribution in [3.8, 4) is 11.5 Å². The minimum absolute atomic E-state index is 0.104. The van der Waals surface area contributed by atoms with E-state index in [1.165, 1.54) is 6.42 Å². The number of rotatable bonds is 7. The number of aryl methyl sites for hydroxylation is 1. The number of carbonyl (C=O) groups excluding carboxylic acids is 2. The Balaban J connectivity index is 1.49. The third-order valence-corrected chi connectivity index (χ3v) is 7.76. The van der Waals surface area contributed by atoms with Crippen LogP contribution in [0.4, 0.5) is 0 Å². The van der Waals surface area contributed by atoms with Crippen molar-refractivity contribution in [2.24, 2.45) is 0 Å². The number of carbonyl (C=O) groups is 2. The smallest absolute Gasteiger partial charge is 0.271 e. The molecule has 1 aliphatic heterocycles. The molecule has 8 heteroatoms. The summed E-state index contributed by atoms with van der Waals surface area (Å²) in [5, 5.41) is 3.28. The highest BCUT2D eigenvalue weighted by atomic mass is 16.5. The van der Waals surface area contributed by atoms with E-state index >= 15 is 0 Å². The lowest BCUT2D eigenvalue weighted by Crippen LogP contribution is -2.65. The molecule has 0 bridgehead atoms. The first kappa shape index (κ1) is 24.3. The van der Waals surface area contributed by atoms with Gasteiger partial charge in [-0.2, -0.15) is 0 Å². The number of furan rings is 1. The number of methoxy groups -OCH3 is 2. The molecule has 2 amide bonds. The molecule has 2 aliphatic rings. The molecule has 0 spiro atoms. The Kier molecular flexibility index (Phi) is 6.45. The van der Waals surface area contributed by atoms with Crippen molar-refractivity contribution in [1.29, 1.82) is 0 Å². The van der Waals surface area contributed by atoms with E-state index in [2.05, 4.69) is 5.32 Å². The Labute approximate surface area is 211 Å². The number of aromatic nitrogens is 1. The maximum atomic E-state index is 13.9. The maximum absolute atomic E-state index is 13.9. The molecule has 8 nitrogen and oxygen atoms in total. The third kappa shape index (κ3) is 4.22. The van der Waals surface area contributed by atoms with Crippen LogP contribution in [0.5, 0.6) is 11.5 Å². The minimum Gasteiger partial charge on any atom is -0.497 e. The van der Waals surface area contributed by atoms with Gasteiger partial charge >= 0.3 is 0 Å². The SMILES string of the molecule is COc1ccc(OC)c(CCN2C(=O)c3cc4oc(C)cc4n3C[C@]2(C)C(=O)NC2CCCCC2)c1. The first-order valence-corrected chi connectivity index (χ1v) is 12.8. The molecule has 1 saturated carbocycles. The number of ether oxygens (including phenoxy) is 2. The molecule has 3 aromatic rings. The zero-order valence-electron chi connectivity index (χ0n) is 21.6. The quantitative estimate of drug-likeness (QED) is 0.525. The van der Waals surface area contributed by atoms with Crippen LogP contribution in [0, 0.1) is 6.92 Å². The highest BCUT2D eigenvalue weighted by Crippen LogP contribution is 2.35. The van der Waals surface area contributed by atoms with Gasteiger partial charge in [0.1, 0.15) is 28.5 Å². The molecular formula is C28H35N3O5. The van der Waals surface area contributed by atoms with Gasteiger partial charge in [0.2, 0.25) is 5.91 Å². The monoisotopic (exact) mass is 493 g/mol. The van der Waals surface area contributed by atoms with E-state index in [-0.39, 0.29) is 17.9 Å². The maximum Gasteiger partial charge on any atom is 0.271 e. The fourth-order valence-corrected chi connectivity index (χ4v) is 5.71. The minimum atomic E-state index is -1.05. The highest BCUT2D eigenvalue weighted by molar-refractivity contribution is 6.03. The summed E-state index contributed by atoms with van der Waals surface area (Å²) in [6, 6.07) is 9.51. The molecule has 1 aromatic carbocycles. The van der Waals surface area contributed by atoms with Crippen LogP contribution in [0.2, 0.25) is 0 Å². The second-order valence-corrected chi connectivity index (χ2v) is 10.2. The Bertz CT molecular complexity index is 1290. The van der Waals surface area contributed by atoms with Crippen LogP contribution in [0.3, 0.4) is 0 Å². The summed E-state index contributed by atoms with van der Waals surface area (Å²) in [6.45, 7) is 4.50. The molecule has 0 radical (unpaired) electrons. The van der Waals surface area contributed by atoms with E-state index in [9.17, 15) is 9.59 Å². The molecule has 2 aromatic heterocycles. The van der Waals surface area contributed by atoms with E-state index < -0.39 is 5.54 Å². The Hall–Kier alpha value is -3.42. The van der Waals surface area contributed by atoms with Crippen LogP contribution in [0.15, 0.2) is 34.7 Å². The zero-order chi connectivity index (χ0) is 25.4. The zero-order valence-corrected chi connectivity index (χ0v) is 21.6. The average molecular weight is 494 g/mol. The van der Waals surface area contributed by atoms with Crippen LogP contribution in [0.1, 0.15) is 60.8 Å². The third-order valence-electron chi connectivity index (χ3n) is 7.76. The summed E-state index contributed by atoms with van der Waals surface area (Å²) in [5.41, 5.74) is 1.93. The van der Waals surface area contributed by atoms with E-state index in [0.717, 1.165) is 54.0 Å². The summed E-state index contributed by atoms with van der Waals surface area (Å²) >= 11 is 0. The standard InChI is InChI=1S/C28H35N3O5/c1-18-14-22-25(36-18)16-23-26(32)31(13-12-19-15-21(34-3)10-11-24(19)35-4)28(2,17-30(22)23)27(33)29-20-8-6-5-7-9-20/h10-11,14-16,20H,5-9,12-13,17H2,1-4H3,(H,29,33)/t28-/m1/s1. The number of hydrogen-bond acceptors (Lipinski definition) is 5. The van der Waals surface area contributed by atoms with Crippen molar-refractivity contribution < 1.29 is 23.5 Å². The number of amides is 2. The van der Waals surface area contributed by atoms with Crippen molar-refractivity contribution in [3.05, 3.63) is 47.3 Å². The van der Waals surface area contributed by atoms with Crippen molar-refractivity contribution in [1.82, 2.24) is 14.8 Å². The van der Waals surface area contributed by atoms with Gasteiger partial charge in [-0.25, -0.2) is 0 Å². The second-order valence-electron chi connectivity index (χ2n) is 10.2. The molecule has 1 aliphatic carbocycles. The van der Waals surface area contributed by atoms with Gasteiger partial charge in [-0.05, 0) is 56.9 Å². The molecular weight excluding hydrogens is 458 g/mol. The number of nitrogens with zero attached hydrogens (tertiary/aromatic N) is 2. The van der Waals surface area contributed by atoms with E-state index in [1.807, 2.05) is 42.7 Å². The number of benzene rings is 1. The molecule has 1 N–H and O–H groups in total. The van der Waals surface area contributed by atoms with Crippen LogP contribution < -0.4 is 14.8 Å². The molecule has 192 valence electrons. The average Bonchev–Trinajstić information content (AvgIpc) is 3.40. The topological polar surface area (TPSA) is 85.9 Å². The first-order chi connectivity index (χ1) is 17.3. The van der Waals surface area contributed by atoms with Crippen LogP contribution in [-0.2, 0) is 17.8 Å². The Morgan fingerprint density at radius 3 is 2.64 bits per heavy atom. The summed E-state index contributed by atoms with van der Waals surface area (Å²) in [7, 11) is 3.25. The lowest BCUT2D eigenvalue weighted by molar-refractivity contribution is -0.133. The predicted octanol–water partition coefficient (Wildman–Crippen LogP) is 4.47. The fraction of sp³-hybridized carbons (Fsp3) is 0.500. The van der Waals surface area contributed by atoms with Gasteiger partial charge in [0.05, 0.1) is 26.3 Å². The Morgan fingerprint density at radius 1 is 1.14 bits per heavy atom. The van der Waals surface area contributed by atoms with Crippen LogP contribution in [-0.4, -0.2) is 53.6 Å². The molecule has 1 fully saturated rings. The van der Waals surface area contributed by atoms with Gasteiger partial charge in [-0.1, -0.05) is 19.3 Å². The molecule has 1 atom stereocenters. The lowest BCUT2D eigenvalue weighted by atomic mass is 9.91. The number of nitrogens with one attached hydrogen (secondary N) is 1. The van der Waals surface area contributed by atoms with Crippen molar-refractivity contribution in [3.63, 3.8) is 0 Å². The summed E-state index contributed by atoms with van der Waals surface area (Å²) in [4.78, 5) is 29.5. The van der Waals surface area contributed by atoms with Crippen molar-refractivity contribution in [2.75, 3.05) is 20.8 Å². The number of fused-ring (bicyclic) bond motifs is 3. The number of hydrogen-bond donors (Lipinski definition) is 1. The van der Waals surface area contributed by atoms with Gasteiger partial charge in [0.15, 0.2) is 5.58 Å². The van der Waals surface area contributed by atoms with Crippen molar-refractivity contribution >= 4 is 22.9 Å². The van der Waals surface area contributed by atoms with E-state index in [0.29, 0.717) is 30.8 Å². The largest absolute Gasteiger partial charge is 0.497 e. The molecule has 0 saturated heterocycles. The Morgan fingerprint density at radius 2 is 1.92 bits per heavy atom. The normalized spacial score (nSPS) is 20.4. The van der Waals surface area contributed by atoms with E-state index in [4.69, 9.17) is 13.9 Å².